The van der Waals surface area contributed by atoms with Crippen LogP contribution in [0, 0.1) is 0 Å². The van der Waals surface area contributed by atoms with Gasteiger partial charge in [0.15, 0.2) is 0 Å². The fourth-order valence-corrected chi connectivity index (χ4v) is 2.69. The lowest BCUT2D eigenvalue weighted by Gasteiger charge is -2.28. The van der Waals surface area contributed by atoms with E-state index in [1.54, 1.807) is 6.07 Å². The molecule has 1 amide bonds. The summed E-state index contributed by atoms with van der Waals surface area (Å²) in [4.78, 5) is 11.4. The van der Waals surface area contributed by atoms with Crippen molar-refractivity contribution in [3.8, 4) is 0 Å². The van der Waals surface area contributed by atoms with Crippen LogP contribution in [0.1, 0.15) is 36.0 Å². The first kappa shape index (κ1) is 13.4. The lowest BCUT2D eigenvalue weighted by molar-refractivity contribution is 0.100. The molecule has 5 N–H and O–H groups in total. The number of primary amides is 1. The van der Waals surface area contributed by atoms with Crippen molar-refractivity contribution in [1.29, 1.82) is 0 Å². The third kappa shape index (κ3) is 3.23. The summed E-state index contributed by atoms with van der Waals surface area (Å²) >= 11 is 3.35. The van der Waals surface area contributed by atoms with Gasteiger partial charge in [0.25, 0.3) is 5.91 Å². The second kappa shape index (κ2) is 5.71. The standard InChI is InChI=1S/C13H18BrN3O/c14-8-1-6-12(11(7-8)13(16)18)17-10-4-2-9(15)3-5-10/h1,6-7,9-10,17H,2-5,15H2,(H2,16,18). The number of nitrogens with one attached hydrogen (secondary N) is 1. The molecule has 1 aliphatic carbocycles. The minimum Gasteiger partial charge on any atom is -0.382 e. The van der Waals surface area contributed by atoms with E-state index >= 15 is 0 Å². The fourth-order valence-electron chi connectivity index (χ4n) is 2.33. The molecule has 1 aromatic rings. The number of hydrogen-bond acceptors (Lipinski definition) is 3. The van der Waals surface area contributed by atoms with E-state index in [1.807, 2.05) is 12.1 Å². The van der Waals surface area contributed by atoms with Crippen molar-refractivity contribution in [2.45, 2.75) is 37.8 Å². The van der Waals surface area contributed by atoms with Crippen molar-refractivity contribution in [3.63, 3.8) is 0 Å². The molecule has 0 heterocycles. The van der Waals surface area contributed by atoms with Crippen molar-refractivity contribution < 1.29 is 4.79 Å². The summed E-state index contributed by atoms with van der Waals surface area (Å²) in [5.74, 6) is -0.411. The third-order valence-electron chi connectivity index (χ3n) is 3.38. The average molecular weight is 312 g/mol. The fraction of sp³-hybridized carbons (Fsp3) is 0.462. The van der Waals surface area contributed by atoms with Crippen molar-refractivity contribution in [2.24, 2.45) is 11.5 Å². The Kier molecular flexibility index (Phi) is 4.24. The molecule has 1 fully saturated rings. The van der Waals surface area contributed by atoms with Crippen LogP contribution in [0.3, 0.4) is 0 Å². The first-order chi connectivity index (χ1) is 8.56. The molecular weight excluding hydrogens is 294 g/mol. The van der Waals surface area contributed by atoms with Crippen molar-refractivity contribution in [3.05, 3.63) is 28.2 Å². The monoisotopic (exact) mass is 311 g/mol. The molecule has 2 rings (SSSR count). The van der Waals surface area contributed by atoms with E-state index in [0.29, 0.717) is 17.6 Å². The maximum Gasteiger partial charge on any atom is 0.250 e. The number of hydrogen-bond donors (Lipinski definition) is 3. The molecule has 5 heteroatoms. The first-order valence-corrected chi connectivity index (χ1v) is 6.97. The molecular formula is C13H18BrN3O. The molecule has 0 aromatic heterocycles. The highest BCUT2D eigenvalue weighted by Crippen LogP contribution is 2.25. The van der Waals surface area contributed by atoms with E-state index in [2.05, 4.69) is 21.2 Å². The van der Waals surface area contributed by atoms with Gasteiger partial charge in [0.05, 0.1) is 5.56 Å². The maximum atomic E-state index is 11.4. The number of anilines is 1. The van der Waals surface area contributed by atoms with Crippen LogP contribution in [0.25, 0.3) is 0 Å². The van der Waals surface area contributed by atoms with Crippen molar-refractivity contribution in [1.82, 2.24) is 0 Å². The van der Waals surface area contributed by atoms with Gasteiger partial charge in [-0.3, -0.25) is 4.79 Å². The maximum absolute atomic E-state index is 11.4. The van der Waals surface area contributed by atoms with Gasteiger partial charge < -0.3 is 16.8 Å². The van der Waals surface area contributed by atoms with E-state index in [-0.39, 0.29) is 0 Å². The van der Waals surface area contributed by atoms with Gasteiger partial charge in [-0.1, -0.05) is 15.9 Å². The smallest absolute Gasteiger partial charge is 0.250 e. The predicted octanol–water partition coefficient (Wildman–Crippen LogP) is 2.23. The lowest BCUT2D eigenvalue weighted by atomic mass is 9.91. The number of benzene rings is 1. The molecule has 1 saturated carbocycles. The molecule has 18 heavy (non-hydrogen) atoms. The number of carbonyl (C=O) groups excluding carboxylic acids is 1. The average Bonchev–Trinajstić information content (AvgIpc) is 2.34. The van der Waals surface area contributed by atoms with Gasteiger partial charge in [-0.2, -0.15) is 0 Å². The molecule has 1 aromatic carbocycles. The number of nitrogens with two attached hydrogens (primary N) is 2. The first-order valence-electron chi connectivity index (χ1n) is 6.17. The predicted molar refractivity (Wildman–Crippen MR) is 76.5 cm³/mol. The quantitative estimate of drug-likeness (QED) is 0.800. The van der Waals surface area contributed by atoms with E-state index in [1.165, 1.54) is 0 Å². The zero-order valence-corrected chi connectivity index (χ0v) is 11.7. The van der Waals surface area contributed by atoms with Crippen LogP contribution in [-0.2, 0) is 0 Å². The molecule has 0 atom stereocenters. The Bertz CT molecular complexity index is 442. The number of amides is 1. The summed E-state index contributed by atoms with van der Waals surface area (Å²) in [6.07, 6.45) is 4.13. The van der Waals surface area contributed by atoms with Gasteiger partial charge >= 0.3 is 0 Å². The Hall–Kier alpha value is -1.07. The summed E-state index contributed by atoms with van der Waals surface area (Å²) in [6.45, 7) is 0. The van der Waals surface area contributed by atoms with Gasteiger partial charge in [-0.25, -0.2) is 0 Å². The van der Waals surface area contributed by atoms with E-state index < -0.39 is 5.91 Å². The van der Waals surface area contributed by atoms with Crippen LogP contribution in [0.5, 0.6) is 0 Å². The minimum atomic E-state index is -0.411. The number of carbonyl (C=O) groups is 1. The summed E-state index contributed by atoms with van der Waals surface area (Å²) in [7, 11) is 0. The Morgan fingerprint density at radius 1 is 1.28 bits per heavy atom. The normalized spacial score (nSPS) is 23.7. The largest absolute Gasteiger partial charge is 0.382 e. The molecule has 1 aliphatic rings. The van der Waals surface area contributed by atoms with E-state index in [4.69, 9.17) is 11.5 Å². The highest BCUT2D eigenvalue weighted by Gasteiger charge is 2.19. The van der Waals surface area contributed by atoms with E-state index in [9.17, 15) is 4.79 Å². The molecule has 0 spiro atoms. The summed E-state index contributed by atoms with van der Waals surface area (Å²) in [5.41, 5.74) is 12.6. The Morgan fingerprint density at radius 2 is 1.94 bits per heavy atom. The molecule has 0 aliphatic heterocycles. The van der Waals surface area contributed by atoms with Crippen LogP contribution < -0.4 is 16.8 Å². The highest BCUT2D eigenvalue weighted by molar-refractivity contribution is 9.10. The van der Waals surface area contributed by atoms with Gasteiger partial charge in [0, 0.05) is 22.2 Å². The van der Waals surface area contributed by atoms with Crippen LogP contribution in [0.4, 0.5) is 5.69 Å². The van der Waals surface area contributed by atoms with Gasteiger partial charge in [-0.05, 0) is 43.9 Å². The minimum absolute atomic E-state index is 0.323. The second-order valence-electron chi connectivity index (χ2n) is 4.81. The molecule has 0 radical (unpaired) electrons. The Labute approximate surface area is 115 Å². The zero-order valence-electron chi connectivity index (χ0n) is 10.2. The zero-order chi connectivity index (χ0) is 13.1. The Balaban J connectivity index is 2.11. The van der Waals surface area contributed by atoms with Crippen LogP contribution >= 0.6 is 15.9 Å². The molecule has 4 nitrogen and oxygen atoms in total. The van der Waals surface area contributed by atoms with Gasteiger partial charge in [-0.15, -0.1) is 0 Å². The molecule has 0 unspecified atom stereocenters. The number of halogens is 1. The van der Waals surface area contributed by atoms with Crippen LogP contribution in [0.2, 0.25) is 0 Å². The second-order valence-corrected chi connectivity index (χ2v) is 5.73. The van der Waals surface area contributed by atoms with E-state index in [0.717, 1.165) is 35.8 Å². The highest BCUT2D eigenvalue weighted by atomic mass is 79.9. The van der Waals surface area contributed by atoms with Gasteiger partial charge in [0.2, 0.25) is 0 Å². The summed E-state index contributed by atoms with van der Waals surface area (Å²) in [6, 6.07) is 6.24. The van der Waals surface area contributed by atoms with Crippen LogP contribution in [0.15, 0.2) is 22.7 Å². The molecule has 0 saturated heterocycles. The lowest BCUT2D eigenvalue weighted by Crippen LogP contribution is -2.33. The summed E-state index contributed by atoms with van der Waals surface area (Å²) < 4.78 is 0.854. The topological polar surface area (TPSA) is 81.1 Å². The molecule has 98 valence electrons. The Morgan fingerprint density at radius 3 is 2.56 bits per heavy atom. The SMILES string of the molecule is NC(=O)c1cc(Br)ccc1NC1CCC(N)CC1. The van der Waals surface area contributed by atoms with Crippen molar-refractivity contribution in [2.75, 3.05) is 5.32 Å². The van der Waals surface area contributed by atoms with Crippen molar-refractivity contribution >= 4 is 27.5 Å². The van der Waals surface area contributed by atoms with Crippen LogP contribution in [-0.4, -0.2) is 18.0 Å². The molecule has 0 bridgehead atoms. The third-order valence-corrected chi connectivity index (χ3v) is 3.87. The van der Waals surface area contributed by atoms with Gasteiger partial charge in [0.1, 0.15) is 0 Å². The number of rotatable bonds is 3. The summed E-state index contributed by atoms with van der Waals surface area (Å²) in [5, 5.41) is 3.40.